The minimum atomic E-state index is -0.348. The summed E-state index contributed by atoms with van der Waals surface area (Å²) in [6.07, 6.45) is 8.48. The first-order chi connectivity index (χ1) is 16.6. The van der Waals surface area contributed by atoms with Crippen molar-refractivity contribution >= 4 is 22.6 Å². The normalized spacial score (nSPS) is 19.5. The van der Waals surface area contributed by atoms with Crippen molar-refractivity contribution in [3.05, 3.63) is 59.5 Å². The summed E-state index contributed by atoms with van der Waals surface area (Å²) < 4.78 is 5.63. The molecule has 2 aliphatic rings. The number of β-amino-alcohol motifs (C(OH)–C–C–N with tert-alkyl or cyclic N) is 1. The summed E-state index contributed by atoms with van der Waals surface area (Å²) in [4.78, 5) is 22.9. The van der Waals surface area contributed by atoms with Gasteiger partial charge in [0.25, 0.3) is 0 Å². The van der Waals surface area contributed by atoms with Gasteiger partial charge in [-0.05, 0) is 62.4 Å². The number of piperidine rings is 1. The Morgan fingerprint density at radius 3 is 2.74 bits per heavy atom. The molecule has 1 aliphatic heterocycles. The molecule has 1 saturated heterocycles. The zero-order valence-electron chi connectivity index (χ0n) is 20.1. The van der Waals surface area contributed by atoms with E-state index in [4.69, 9.17) is 9.40 Å². The third-order valence-corrected chi connectivity index (χ3v) is 7.28. The van der Waals surface area contributed by atoms with Gasteiger partial charge < -0.3 is 19.3 Å². The summed E-state index contributed by atoms with van der Waals surface area (Å²) in [5.74, 6) is 1.98. The van der Waals surface area contributed by atoms with Crippen molar-refractivity contribution < 1.29 is 14.3 Å². The molecule has 1 unspecified atom stereocenters. The van der Waals surface area contributed by atoms with Crippen molar-refractivity contribution in [3.8, 4) is 0 Å². The Morgan fingerprint density at radius 1 is 1.12 bits per heavy atom. The van der Waals surface area contributed by atoms with Crippen LogP contribution in [0.1, 0.15) is 61.8 Å². The number of pyridine rings is 1. The summed E-state index contributed by atoms with van der Waals surface area (Å²) in [5.41, 5.74) is 3.15. The number of amides is 1. The van der Waals surface area contributed by atoms with Gasteiger partial charge >= 0.3 is 0 Å². The molecule has 0 bridgehead atoms. The Morgan fingerprint density at radius 2 is 1.97 bits per heavy atom. The number of benzene rings is 1. The number of carbonyl (C=O) groups is 1. The molecule has 1 saturated carbocycles. The molecule has 2 fully saturated rings. The number of anilines is 1. The van der Waals surface area contributed by atoms with E-state index >= 15 is 0 Å². The van der Waals surface area contributed by atoms with Crippen molar-refractivity contribution in [2.24, 2.45) is 5.92 Å². The van der Waals surface area contributed by atoms with Crippen LogP contribution < -0.4 is 4.90 Å². The van der Waals surface area contributed by atoms with Crippen LogP contribution >= 0.6 is 0 Å². The molecule has 34 heavy (non-hydrogen) atoms. The molecule has 1 amide bonds. The number of aryl methyl sites for hydroxylation is 1. The molecule has 1 aliphatic carbocycles. The van der Waals surface area contributed by atoms with Crippen LogP contribution in [0.15, 0.2) is 47.1 Å². The van der Waals surface area contributed by atoms with Gasteiger partial charge in [-0.25, -0.2) is 4.98 Å². The van der Waals surface area contributed by atoms with Crippen molar-refractivity contribution in [1.82, 2.24) is 9.88 Å². The van der Waals surface area contributed by atoms with Crippen LogP contribution in [0.2, 0.25) is 0 Å². The summed E-state index contributed by atoms with van der Waals surface area (Å²) in [6.45, 7) is 4.45. The molecule has 6 heteroatoms. The van der Waals surface area contributed by atoms with E-state index < -0.39 is 0 Å². The van der Waals surface area contributed by atoms with Gasteiger partial charge in [0.1, 0.15) is 11.6 Å². The number of aliphatic hydroxyl groups is 1. The van der Waals surface area contributed by atoms with E-state index in [0.717, 1.165) is 73.1 Å². The second-order valence-electron chi connectivity index (χ2n) is 10.0. The average molecular weight is 462 g/mol. The monoisotopic (exact) mass is 461 g/mol. The molecule has 1 atom stereocenters. The molecule has 2 aromatic heterocycles. The number of furan rings is 1. The van der Waals surface area contributed by atoms with Gasteiger partial charge in [-0.3, -0.25) is 4.79 Å². The zero-order valence-corrected chi connectivity index (χ0v) is 20.1. The third kappa shape index (κ3) is 5.12. The van der Waals surface area contributed by atoms with Crippen molar-refractivity contribution in [2.75, 3.05) is 18.0 Å². The number of aromatic nitrogens is 1. The Bertz CT molecular complexity index is 1120. The van der Waals surface area contributed by atoms with Crippen molar-refractivity contribution in [1.29, 1.82) is 0 Å². The number of aliphatic hydroxyl groups excluding tert-OH is 1. The number of fused-ring (bicyclic) bond motifs is 1. The quantitative estimate of drug-likeness (QED) is 0.546. The van der Waals surface area contributed by atoms with E-state index in [0.29, 0.717) is 19.6 Å². The van der Waals surface area contributed by atoms with Crippen LogP contribution in [0.5, 0.6) is 0 Å². The highest BCUT2D eigenvalue weighted by molar-refractivity contribution is 5.83. The smallest absolute Gasteiger partial charge is 0.226 e. The highest BCUT2D eigenvalue weighted by Crippen LogP contribution is 2.31. The van der Waals surface area contributed by atoms with Crippen LogP contribution in [-0.4, -0.2) is 40.1 Å². The summed E-state index contributed by atoms with van der Waals surface area (Å²) in [5, 5.41) is 11.4. The lowest BCUT2D eigenvalue weighted by atomic mass is 9.88. The molecule has 3 aromatic rings. The lowest BCUT2D eigenvalue weighted by Crippen LogP contribution is -2.40. The van der Waals surface area contributed by atoms with E-state index in [1.807, 2.05) is 17.0 Å². The standard InChI is InChI=1S/C28H35N3O3/c1-20-11-12-22-16-23(27(29-26(22)15-20)30-13-5-9-24(32)18-30)17-31(19-25-10-6-14-34-25)28(33)21-7-3-2-4-8-21/h6,10-12,14-16,21,24,32H,2-5,7-9,13,17-19H2,1H3. The van der Waals surface area contributed by atoms with Gasteiger partial charge in [-0.1, -0.05) is 31.4 Å². The van der Waals surface area contributed by atoms with E-state index in [-0.39, 0.29) is 17.9 Å². The van der Waals surface area contributed by atoms with Crippen LogP contribution in [0, 0.1) is 12.8 Å². The molecule has 3 heterocycles. The predicted molar refractivity (Wildman–Crippen MR) is 133 cm³/mol. The first-order valence-corrected chi connectivity index (χ1v) is 12.7. The average Bonchev–Trinajstić information content (AvgIpc) is 3.36. The molecule has 0 spiro atoms. The van der Waals surface area contributed by atoms with Gasteiger partial charge in [0, 0.05) is 36.5 Å². The minimum Gasteiger partial charge on any atom is -0.467 e. The summed E-state index contributed by atoms with van der Waals surface area (Å²) >= 11 is 0. The Balaban J connectivity index is 1.51. The SMILES string of the molecule is Cc1ccc2cc(CN(Cc3ccco3)C(=O)C3CCCCC3)c(N3CCCC(O)C3)nc2c1. The highest BCUT2D eigenvalue weighted by atomic mass is 16.3. The first-order valence-electron chi connectivity index (χ1n) is 12.7. The second-order valence-corrected chi connectivity index (χ2v) is 10.0. The molecule has 5 rings (SSSR count). The maximum Gasteiger partial charge on any atom is 0.226 e. The minimum absolute atomic E-state index is 0.0834. The number of carbonyl (C=O) groups excluding carboxylic acids is 1. The maximum absolute atomic E-state index is 13.7. The van der Waals surface area contributed by atoms with E-state index in [9.17, 15) is 9.90 Å². The molecule has 6 nitrogen and oxygen atoms in total. The topological polar surface area (TPSA) is 69.8 Å². The lowest BCUT2D eigenvalue weighted by molar-refractivity contribution is -0.138. The fourth-order valence-corrected chi connectivity index (χ4v) is 5.46. The fraction of sp³-hybridized carbons (Fsp3) is 0.500. The number of nitrogens with zero attached hydrogens (tertiary/aromatic N) is 3. The third-order valence-electron chi connectivity index (χ3n) is 7.28. The van der Waals surface area contributed by atoms with Gasteiger partial charge in [0.2, 0.25) is 5.91 Å². The zero-order chi connectivity index (χ0) is 23.5. The highest BCUT2D eigenvalue weighted by Gasteiger charge is 2.29. The second kappa shape index (κ2) is 10.2. The molecule has 1 aromatic carbocycles. The Labute approximate surface area is 201 Å². The Kier molecular flexibility index (Phi) is 6.86. The fourth-order valence-electron chi connectivity index (χ4n) is 5.46. The largest absolute Gasteiger partial charge is 0.467 e. The van der Waals surface area contributed by atoms with E-state index in [1.54, 1.807) is 6.26 Å². The van der Waals surface area contributed by atoms with Crippen LogP contribution in [0.3, 0.4) is 0 Å². The first kappa shape index (κ1) is 22.9. The number of hydrogen-bond acceptors (Lipinski definition) is 5. The molecule has 180 valence electrons. The summed E-state index contributed by atoms with van der Waals surface area (Å²) in [6, 6.07) is 12.3. The van der Waals surface area contributed by atoms with Crippen LogP contribution in [0.25, 0.3) is 10.9 Å². The molecule has 1 N–H and O–H groups in total. The number of rotatable bonds is 6. The number of hydrogen-bond donors (Lipinski definition) is 1. The molecular formula is C28H35N3O3. The van der Waals surface area contributed by atoms with Gasteiger partial charge in [-0.2, -0.15) is 0 Å². The van der Waals surface area contributed by atoms with E-state index in [1.165, 1.54) is 12.0 Å². The maximum atomic E-state index is 13.7. The molecular weight excluding hydrogens is 426 g/mol. The van der Waals surface area contributed by atoms with Gasteiger partial charge in [-0.15, -0.1) is 0 Å². The summed E-state index contributed by atoms with van der Waals surface area (Å²) in [7, 11) is 0. The van der Waals surface area contributed by atoms with Crippen LogP contribution in [0.4, 0.5) is 5.82 Å². The van der Waals surface area contributed by atoms with Gasteiger partial charge in [0.15, 0.2) is 0 Å². The van der Waals surface area contributed by atoms with E-state index in [2.05, 4.69) is 36.1 Å². The van der Waals surface area contributed by atoms with Gasteiger partial charge in [0.05, 0.1) is 24.4 Å². The van der Waals surface area contributed by atoms with Crippen molar-refractivity contribution in [2.45, 2.75) is 71.1 Å². The predicted octanol–water partition coefficient (Wildman–Crippen LogP) is 5.21. The lowest BCUT2D eigenvalue weighted by Gasteiger charge is -2.34. The van der Waals surface area contributed by atoms with Crippen LogP contribution in [-0.2, 0) is 17.9 Å². The van der Waals surface area contributed by atoms with Crippen molar-refractivity contribution in [3.63, 3.8) is 0 Å². The molecule has 0 radical (unpaired) electrons. The Hall–Kier alpha value is -2.86.